The molecular weight excluding hydrogens is 123 g/mol. The van der Waals surface area contributed by atoms with Crippen molar-refractivity contribution < 1.29 is 0 Å². The summed E-state index contributed by atoms with van der Waals surface area (Å²) in [6.45, 7) is 6.75. The molecule has 0 aromatic carbocycles. The van der Waals surface area contributed by atoms with E-state index >= 15 is 0 Å². The summed E-state index contributed by atoms with van der Waals surface area (Å²) in [5.74, 6) is 0. The van der Waals surface area contributed by atoms with Gasteiger partial charge in [-0.15, -0.1) is 11.4 Å². The van der Waals surface area contributed by atoms with E-state index in [0.717, 1.165) is 13.0 Å². The van der Waals surface area contributed by atoms with Crippen LogP contribution < -0.4 is 0 Å². The van der Waals surface area contributed by atoms with Crippen molar-refractivity contribution in [3.63, 3.8) is 0 Å². The molecule has 0 aromatic rings. The van der Waals surface area contributed by atoms with Crippen LogP contribution in [0.4, 0.5) is 0 Å². The van der Waals surface area contributed by atoms with Crippen molar-refractivity contribution in [3.05, 3.63) is 0 Å². The van der Waals surface area contributed by atoms with Crippen molar-refractivity contribution in [2.75, 3.05) is 6.66 Å². The molecule has 2 unspecified atom stereocenters. The van der Waals surface area contributed by atoms with Gasteiger partial charge in [0.15, 0.2) is 0 Å². The second kappa shape index (κ2) is 4.93. The predicted octanol–water partition coefficient (Wildman–Crippen LogP) is 2.74. The number of hydrogen-bond donors (Lipinski definition) is 0. The zero-order valence-electron chi connectivity index (χ0n) is 5.19. The van der Waals surface area contributed by atoms with E-state index in [-0.39, 0.29) is 0 Å². The SMILES string of the molecule is CCC(C)SPC. The summed E-state index contributed by atoms with van der Waals surface area (Å²) < 4.78 is 0. The van der Waals surface area contributed by atoms with Gasteiger partial charge in [-0.05, 0) is 13.1 Å². The Morgan fingerprint density at radius 1 is 1.71 bits per heavy atom. The van der Waals surface area contributed by atoms with E-state index in [1.165, 1.54) is 6.42 Å². The summed E-state index contributed by atoms with van der Waals surface area (Å²) >= 11 is 2.06. The van der Waals surface area contributed by atoms with Crippen molar-refractivity contribution in [3.8, 4) is 0 Å². The Labute approximate surface area is 52.0 Å². The van der Waals surface area contributed by atoms with Crippen LogP contribution in [0.25, 0.3) is 0 Å². The van der Waals surface area contributed by atoms with Crippen LogP contribution in [-0.4, -0.2) is 11.9 Å². The predicted molar refractivity (Wildman–Crippen MR) is 41.6 cm³/mol. The molecule has 0 aliphatic heterocycles. The Bertz CT molecular complexity index is 39.1. The van der Waals surface area contributed by atoms with Crippen LogP contribution in [0.5, 0.6) is 0 Å². The molecule has 0 aliphatic carbocycles. The minimum Gasteiger partial charge on any atom is -0.135 e. The van der Waals surface area contributed by atoms with Crippen LogP contribution in [0.2, 0.25) is 0 Å². The van der Waals surface area contributed by atoms with E-state index in [1.807, 2.05) is 0 Å². The fourth-order valence-electron chi connectivity index (χ4n) is 0.285. The highest BCUT2D eigenvalue weighted by Crippen LogP contribution is 2.30. The lowest BCUT2D eigenvalue weighted by molar-refractivity contribution is 0.912. The topological polar surface area (TPSA) is 0 Å². The van der Waals surface area contributed by atoms with Gasteiger partial charge in [0.2, 0.25) is 0 Å². The molecule has 0 radical (unpaired) electrons. The van der Waals surface area contributed by atoms with Gasteiger partial charge in [-0.3, -0.25) is 0 Å². The lowest BCUT2D eigenvalue weighted by Crippen LogP contribution is -1.86. The Balaban J connectivity index is 2.83. The third-order valence-corrected chi connectivity index (χ3v) is 3.78. The Kier molecular flexibility index (Phi) is 5.48. The second-order valence-electron chi connectivity index (χ2n) is 1.54. The average Bonchev–Trinajstić information content (AvgIpc) is 1.68. The van der Waals surface area contributed by atoms with Crippen molar-refractivity contribution in [1.29, 1.82) is 0 Å². The van der Waals surface area contributed by atoms with Gasteiger partial charge in [0.1, 0.15) is 0 Å². The Morgan fingerprint density at radius 3 is 2.43 bits per heavy atom. The van der Waals surface area contributed by atoms with E-state index < -0.39 is 0 Å². The maximum Gasteiger partial charge on any atom is 0.00550 e. The molecule has 0 heterocycles. The van der Waals surface area contributed by atoms with E-state index in [1.54, 1.807) is 0 Å². The highest BCUT2D eigenvalue weighted by molar-refractivity contribution is 8.49. The first-order chi connectivity index (χ1) is 3.31. The van der Waals surface area contributed by atoms with Gasteiger partial charge in [0.05, 0.1) is 0 Å². The molecule has 0 nitrogen and oxygen atoms in total. The van der Waals surface area contributed by atoms with E-state index in [4.69, 9.17) is 0 Å². The van der Waals surface area contributed by atoms with Gasteiger partial charge in [-0.2, -0.15) is 0 Å². The molecule has 44 valence electrons. The number of rotatable bonds is 3. The summed E-state index contributed by atoms with van der Waals surface area (Å²) in [6, 6.07) is 0. The minimum atomic E-state index is 0.878. The first kappa shape index (κ1) is 7.78. The molecule has 0 bridgehead atoms. The molecule has 2 heteroatoms. The third kappa shape index (κ3) is 4.64. The lowest BCUT2D eigenvalue weighted by Gasteiger charge is -2.02. The summed E-state index contributed by atoms with van der Waals surface area (Å²) in [6.07, 6.45) is 1.31. The van der Waals surface area contributed by atoms with Crippen molar-refractivity contribution in [1.82, 2.24) is 0 Å². The standard InChI is InChI=1S/C5H13PS/c1-4-5(2)7-6-3/h5-6H,4H2,1-3H3. The summed E-state index contributed by atoms with van der Waals surface area (Å²) in [5, 5.41) is 0.878. The van der Waals surface area contributed by atoms with E-state index in [0.29, 0.717) is 0 Å². The van der Waals surface area contributed by atoms with Crippen LogP contribution in [0.3, 0.4) is 0 Å². The molecule has 7 heavy (non-hydrogen) atoms. The second-order valence-corrected chi connectivity index (χ2v) is 4.92. The molecule has 0 fully saturated rings. The molecule has 2 atom stereocenters. The van der Waals surface area contributed by atoms with Gasteiger partial charge >= 0.3 is 0 Å². The van der Waals surface area contributed by atoms with E-state index in [2.05, 4.69) is 31.9 Å². The highest BCUT2D eigenvalue weighted by Gasteiger charge is 1.92. The van der Waals surface area contributed by atoms with Gasteiger partial charge in [-0.1, -0.05) is 21.6 Å². The smallest absolute Gasteiger partial charge is 0.00550 e. The fraction of sp³-hybridized carbons (Fsp3) is 1.00. The molecule has 0 saturated carbocycles. The number of hydrogen-bond acceptors (Lipinski definition) is 1. The normalized spacial score (nSPS) is 15.9. The first-order valence-corrected chi connectivity index (χ1v) is 5.74. The zero-order valence-corrected chi connectivity index (χ0v) is 7.01. The Morgan fingerprint density at radius 2 is 2.29 bits per heavy atom. The lowest BCUT2D eigenvalue weighted by atomic mass is 10.4. The monoisotopic (exact) mass is 136 g/mol. The third-order valence-electron chi connectivity index (χ3n) is 0.894. The molecular formula is C5H13PS. The molecule has 0 aliphatic rings. The molecule has 0 rings (SSSR count). The minimum absolute atomic E-state index is 0.878. The van der Waals surface area contributed by atoms with Crippen LogP contribution in [0.15, 0.2) is 0 Å². The Hall–Kier alpha value is 0.780. The first-order valence-electron chi connectivity index (χ1n) is 2.63. The quantitative estimate of drug-likeness (QED) is 0.537. The zero-order chi connectivity index (χ0) is 5.70. The van der Waals surface area contributed by atoms with Crippen molar-refractivity contribution in [2.24, 2.45) is 0 Å². The molecule has 0 amide bonds. The van der Waals surface area contributed by atoms with E-state index in [9.17, 15) is 0 Å². The largest absolute Gasteiger partial charge is 0.135 e. The van der Waals surface area contributed by atoms with Crippen LogP contribution >= 0.6 is 19.2 Å². The van der Waals surface area contributed by atoms with Crippen LogP contribution in [0, 0.1) is 0 Å². The molecule has 0 N–H and O–H groups in total. The van der Waals surface area contributed by atoms with Gasteiger partial charge in [0.25, 0.3) is 0 Å². The van der Waals surface area contributed by atoms with Crippen LogP contribution in [-0.2, 0) is 0 Å². The average molecular weight is 136 g/mol. The fourth-order valence-corrected chi connectivity index (χ4v) is 2.56. The molecule has 0 saturated heterocycles. The maximum atomic E-state index is 2.28. The van der Waals surface area contributed by atoms with Crippen molar-refractivity contribution >= 4 is 19.2 Å². The summed E-state index contributed by atoms with van der Waals surface area (Å²) in [4.78, 5) is 0. The van der Waals surface area contributed by atoms with Gasteiger partial charge in [-0.25, -0.2) is 0 Å². The molecule has 0 aromatic heterocycles. The maximum absolute atomic E-state index is 2.28. The summed E-state index contributed by atoms with van der Waals surface area (Å²) in [5.41, 5.74) is 0. The molecule has 0 spiro atoms. The van der Waals surface area contributed by atoms with Gasteiger partial charge in [0, 0.05) is 5.25 Å². The van der Waals surface area contributed by atoms with Crippen LogP contribution in [0.1, 0.15) is 20.3 Å². The summed E-state index contributed by atoms with van der Waals surface area (Å²) in [7, 11) is 1.06. The van der Waals surface area contributed by atoms with Crippen molar-refractivity contribution in [2.45, 2.75) is 25.5 Å². The highest BCUT2D eigenvalue weighted by atomic mass is 32.7. The van der Waals surface area contributed by atoms with Gasteiger partial charge < -0.3 is 0 Å².